The molecule has 1 rings (SSSR count). The second kappa shape index (κ2) is 7.28. The number of hydrogen-bond donors (Lipinski definition) is 0. The van der Waals surface area contributed by atoms with Gasteiger partial charge in [0.15, 0.2) is 11.9 Å². The Labute approximate surface area is 121 Å². The number of ether oxygens (including phenoxy) is 2. The van der Waals surface area contributed by atoms with Crippen molar-refractivity contribution in [1.82, 2.24) is 0 Å². The number of Topliss-reactive ketones (excluding diaryl/α,β-unsaturated/α-hetero) is 1. The van der Waals surface area contributed by atoms with Crippen LogP contribution in [-0.4, -0.2) is 24.5 Å². The van der Waals surface area contributed by atoms with Crippen molar-refractivity contribution in [3.05, 3.63) is 28.2 Å². The summed E-state index contributed by atoms with van der Waals surface area (Å²) in [5, 5.41) is 0. The largest absolute Gasteiger partial charge is 0.478 e. The van der Waals surface area contributed by atoms with Gasteiger partial charge in [-0.1, -0.05) is 22.9 Å². The summed E-state index contributed by atoms with van der Waals surface area (Å²) in [5.41, 5.74) is 0.450. The van der Waals surface area contributed by atoms with Crippen molar-refractivity contribution in [2.45, 2.75) is 33.3 Å². The Bertz CT molecular complexity index is 471. The average Bonchev–Trinajstić information content (AvgIpc) is 2.35. The van der Waals surface area contributed by atoms with Gasteiger partial charge >= 0.3 is 5.97 Å². The second-order valence-corrected chi connectivity index (χ2v) is 4.88. The van der Waals surface area contributed by atoms with Crippen LogP contribution in [0.4, 0.5) is 0 Å². The maximum absolute atomic E-state index is 11.7. The summed E-state index contributed by atoms with van der Waals surface area (Å²) in [7, 11) is 0. The van der Waals surface area contributed by atoms with Crippen LogP contribution in [0.25, 0.3) is 0 Å². The smallest absolute Gasteiger partial charge is 0.347 e. The van der Waals surface area contributed by atoms with Crippen molar-refractivity contribution in [3.63, 3.8) is 0 Å². The van der Waals surface area contributed by atoms with E-state index in [1.165, 1.54) is 6.92 Å². The van der Waals surface area contributed by atoms with E-state index in [9.17, 15) is 9.59 Å². The Hall–Kier alpha value is -1.36. The van der Waals surface area contributed by atoms with E-state index in [-0.39, 0.29) is 5.78 Å². The van der Waals surface area contributed by atoms with Crippen LogP contribution >= 0.6 is 15.9 Å². The van der Waals surface area contributed by atoms with Gasteiger partial charge in [-0.3, -0.25) is 4.79 Å². The molecule has 4 nitrogen and oxygen atoms in total. The number of benzene rings is 1. The van der Waals surface area contributed by atoms with E-state index in [1.807, 2.05) is 6.92 Å². The Morgan fingerprint density at radius 3 is 2.53 bits per heavy atom. The van der Waals surface area contributed by atoms with Gasteiger partial charge in [-0.25, -0.2) is 4.79 Å². The number of esters is 1. The highest BCUT2D eigenvalue weighted by Crippen LogP contribution is 2.26. The molecular formula is C14H17BrO4. The molecule has 1 unspecified atom stereocenters. The minimum absolute atomic E-state index is 0.110. The maximum Gasteiger partial charge on any atom is 0.347 e. The van der Waals surface area contributed by atoms with E-state index < -0.39 is 12.1 Å². The first-order valence-electron chi connectivity index (χ1n) is 6.13. The summed E-state index contributed by atoms with van der Waals surface area (Å²) in [6.45, 7) is 5.33. The van der Waals surface area contributed by atoms with Crippen LogP contribution < -0.4 is 4.74 Å². The lowest BCUT2D eigenvalue weighted by atomic mass is 10.1. The van der Waals surface area contributed by atoms with E-state index in [4.69, 9.17) is 9.47 Å². The van der Waals surface area contributed by atoms with Crippen molar-refractivity contribution in [1.29, 1.82) is 0 Å². The molecule has 0 fully saturated rings. The summed E-state index contributed by atoms with van der Waals surface area (Å²) < 4.78 is 11.3. The zero-order chi connectivity index (χ0) is 14.4. The molecule has 0 bridgehead atoms. The molecule has 0 N–H and O–H groups in total. The van der Waals surface area contributed by atoms with Crippen LogP contribution in [-0.2, 0) is 9.53 Å². The molecule has 0 amide bonds. The lowest BCUT2D eigenvalue weighted by Gasteiger charge is -2.17. The average molecular weight is 329 g/mol. The first kappa shape index (κ1) is 15.7. The number of ketones is 1. The van der Waals surface area contributed by atoms with Crippen LogP contribution in [0.2, 0.25) is 0 Å². The Balaban J connectivity index is 2.99. The van der Waals surface area contributed by atoms with Gasteiger partial charge in [0.1, 0.15) is 5.75 Å². The third kappa shape index (κ3) is 4.35. The van der Waals surface area contributed by atoms with Crippen molar-refractivity contribution in [3.8, 4) is 5.75 Å². The van der Waals surface area contributed by atoms with Gasteiger partial charge in [0.05, 0.1) is 12.2 Å². The zero-order valence-electron chi connectivity index (χ0n) is 11.2. The molecule has 0 saturated carbocycles. The molecule has 0 aromatic heterocycles. The molecule has 0 aliphatic rings. The molecule has 0 spiro atoms. The summed E-state index contributed by atoms with van der Waals surface area (Å²) in [6.07, 6.45) is -0.227. The topological polar surface area (TPSA) is 52.6 Å². The van der Waals surface area contributed by atoms with Gasteiger partial charge in [0.25, 0.3) is 0 Å². The number of rotatable bonds is 6. The van der Waals surface area contributed by atoms with Crippen LogP contribution in [0.15, 0.2) is 22.7 Å². The number of carbonyl (C=O) groups excluding carboxylic acids is 2. The van der Waals surface area contributed by atoms with Crippen LogP contribution in [0.1, 0.15) is 37.6 Å². The van der Waals surface area contributed by atoms with Gasteiger partial charge in [0, 0.05) is 4.47 Å². The molecule has 0 aliphatic carbocycles. The van der Waals surface area contributed by atoms with Crippen LogP contribution in [0.5, 0.6) is 5.75 Å². The molecule has 0 saturated heterocycles. The molecule has 19 heavy (non-hydrogen) atoms. The van der Waals surface area contributed by atoms with E-state index >= 15 is 0 Å². The molecule has 1 aromatic carbocycles. The van der Waals surface area contributed by atoms with E-state index in [1.54, 1.807) is 25.1 Å². The molecule has 1 aromatic rings. The van der Waals surface area contributed by atoms with Crippen molar-refractivity contribution < 1.29 is 19.1 Å². The Morgan fingerprint density at radius 2 is 2.00 bits per heavy atom. The van der Waals surface area contributed by atoms with E-state index in [0.717, 1.165) is 4.47 Å². The minimum Gasteiger partial charge on any atom is -0.478 e. The van der Waals surface area contributed by atoms with E-state index in [0.29, 0.717) is 24.3 Å². The third-order valence-electron chi connectivity index (χ3n) is 2.51. The summed E-state index contributed by atoms with van der Waals surface area (Å²) in [6, 6.07) is 5.10. The highest BCUT2D eigenvalue weighted by molar-refractivity contribution is 9.10. The fourth-order valence-corrected chi connectivity index (χ4v) is 1.91. The molecule has 104 valence electrons. The van der Waals surface area contributed by atoms with Crippen LogP contribution in [0.3, 0.4) is 0 Å². The zero-order valence-corrected chi connectivity index (χ0v) is 12.8. The van der Waals surface area contributed by atoms with Gasteiger partial charge < -0.3 is 9.47 Å². The maximum atomic E-state index is 11.7. The Kier molecular flexibility index (Phi) is 6.02. The normalized spacial score (nSPS) is 11.8. The molecule has 0 aliphatic heterocycles. The third-order valence-corrected chi connectivity index (χ3v) is 3.01. The standard InChI is InChI=1S/C14H17BrO4/c1-4-12(14(17)18-5-2)19-13-8-10(15)6-7-11(13)9(3)16/h6-8,12H,4-5H2,1-3H3. The fraction of sp³-hybridized carbons (Fsp3) is 0.429. The first-order valence-corrected chi connectivity index (χ1v) is 6.92. The molecule has 5 heteroatoms. The summed E-state index contributed by atoms with van der Waals surface area (Å²) >= 11 is 3.32. The number of carbonyl (C=O) groups is 2. The summed E-state index contributed by atoms with van der Waals surface area (Å²) in [4.78, 5) is 23.2. The predicted molar refractivity (Wildman–Crippen MR) is 75.5 cm³/mol. The first-order chi connectivity index (χ1) is 8.99. The Morgan fingerprint density at radius 1 is 1.32 bits per heavy atom. The van der Waals surface area contributed by atoms with E-state index in [2.05, 4.69) is 15.9 Å². The fourth-order valence-electron chi connectivity index (χ4n) is 1.57. The molecule has 0 heterocycles. The van der Waals surface area contributed by atoms with Crippen molar-refractivity contribution in [2.75, 3.05) is 6.61 Å². The lowest BCUT2D eigenvalue weighted by Crippen LogP contribution is -2.29. The van der Waals surface area contributed by atoms with Gasteiger partial charge in [-0.05, 0) is 38.5 Å². The predicted octanol–water partition coefficient (Wildman–Crippen LogP) is 3.37. The van der Waals surface area contributed by atoms with Gasteiger partial charge in [0.2, 0.25) is 0 Å². The molecule has 0 radical (unpaired) electrons. The lowest BCUT2D eigenvalue weighted by molar-refractivity contribution is -0.151. The monoisotopic (exact) mass is 328 g/mol. The van der Waals surface area contributed by atoms with Crippen molar-refractivity contribution >= 4 is 27.7 Å². The SMILES string of the molecule is CCOC(=O)C(CC)Oc1cc(Br)ccc1C(C)=O. The second-order valence-electron chi connectivity index (χ2n) is 3.96. The number of halogens is 1. The quantitative estimate of drug-likeness (QED) is 0.593. The molecular weight excluding hydrogens is 312 g/mol. The van der Waals surface area contributed by atoms with Crippen molar-refractivity contribution in [2.24, 2.45) is 0 Å². The molecule has 1 atom stereocenters. The number of hydrogen-bond acceptors (Lipinski definition) is 4. The van der Waals surface area contributed by atoms with Crippen LogP contribution in [0, 0.1) is 0 Å². The highest BCUT2D eigenvalue weighted by Gasteiger charge is 2.21. The summed E-state index contributed by atoms with van der Waals surface area (Å²) in [5.74, 6) is -0.137. The highest BCUT2D eigenvalue weighted by atomic mass is 79.9. The van der Waals surface area contributed by atoms with Gasteiger partial charge in [-0.15, -0.1) is 0 Å². The minimum atomic E-state index is -0.702. The van der Waals surface area contributed by atoms with Gasteiger partial charge in [-0.2, -0.15) is 0 Å².